The highest BCUT2D eigenvalue weighted by Gasteiger charge is 2.30. The Morgan fingerprint density at radius 1 is 0.929 bits per heavy atom. The summed E-state index contributed by atoms with van der Waals surface area (Å²) in [6, 6.07) is 1.43. The van der Waals surface area contributed by atoms with Crippen LogP contribution in [0.3, 0.4) is 0 Å². The van der Waals surface area contributed by atoms with Gasteiger partial charge in [-0.1, -0.05) is 47.5 Å². The van der Waals surface area contributed by atoms with Crippen LogP contribution >= 0.6 is 0 Å². The van der Waals surface area contributed by atoms with E-state index < -0.39 is 23.4 Å². The van der Waals surface area contributed by atoms with Gasteiger partial charge in [0.05, 0.1) is 5.92 Å². The summed E-state index contributed by atoms with van der Waals surface area (Å²) in [5.74, 6) is -2.89. The molecule has 5 heteroatoms. The molecule has 0 bridgehead atoms. The smallest absolute Gasteiger partial charge is 0.314 e. The zero-order valence-corrected chi connectivity index (χ0v) is 15.3. The fraction of sp³-hybridized carbons (Fsp3) is 0.696. The van der Waals surface area contributed by atoms with Gasteiger partial charge in [0.1, 0.15) is 5.75 Å². The van der Waals surface area contributed by atoms with Crippen molar-refractivity contribution in [3.8, 4) is 5.75 Å². The number of rotatable bonds is 4. The first-order valence-electron chi connectivity index (χ1n) is 9.78. The average Bonchev–Trinajstić information content (AvgIpc) is 2.62. The van der Waals surface area contributed by atoms with Crippen LogP contribution in [0.2, 0.25) is 0 Å². The Balaban J connectivity index is 0. The molecule has 164 valence electrons. The van der Waals surface area contributed by atoms with Crippen molar-refractivity contribution in [3.05, 3.63) is 29.6 Å². The third kappa shape index (κ3) is 6.25. The SMILES string of the molecule is C.C.CC1CCC(CC2CCC(C(=O)Oc3cc(F)c(F)c(F)c3)CC2)CC1.[HH].[HH]. The van der Waals surface area contributed by atoms with E-state index in [1.165, 1.54) is 32.1 Å². The molecule has 0 amide bonds. The van der Waals surface area contributed by atoms with E-state index in [1.807, 2.05) is 0 Å². The van der Waals surface area contributed by atoms with Gasteiger partial charge in [-0.15, -0.1) is 0 Å². The lowest BCUT2D eigenvalue weighted by Gasteiger charge is -2.32. The highest BCUT2D eigenvalue weighted by Crippen LogP contribution is 2.38. The topological polar surface area (TPSA) is 26.3 Å². The molecule has 0 aliphatic heterocycles. The second kappa shape index (κ2) is 10.9. The maximum Gasteiger partial charge on any atom is 0.314 e. The second-order valence-corrected chi connectivity index (χ2v) is 8.20. The van der Waals surface area contributed by atoms with Crippen molar-refractivity contribution in [1.29, 1.82) is 0 Å². The standard InChI is InChI=1S/C21H27F3O2.2CH4.2H2/c1-13-2-4-14(5-3-13)10-15-6-8-16(9-7-15)21(25)26-17-11-18(22)20(24)19(23)12-17;;;;/h11-16H,2-10H2,1H3;2*1H4;2*1H. The van der Waals surface area contributed by atoms with Gasteiger partial charge in [-0.05, 0) is 49.9 Å². The number of hydrogen-bond acceptors (Lipinski definition) is 2. The van der Waals surface area contributed by atoms with Crippen LogP contribution in [0.4, 0.5) is 13.2 Å². The summed E-state index contributed by atoms with van der Waals surface area (Å²) in [4.78, 5) is 12.2. The minimum absolute atomic E-state index is 0. The molecule has 0 saturated heterocycles. The number of benzene rings is 1. The van der Waals surface area contributed by atoms with Crippen molar-refractivity contribution in [2.45, 2.75) is 79.6 Å². The van der Waals surface area contributed by atoms with Crippen LogP contribution in [0.1, 0.15) is 82.4 Å². The third-order valence-electron chi connectivity index (χ3n) is 6.16. The van der Waals surface area contributed by atoms with Crippen molar-refractivity contribution in [2.75, 3.05) is 0 Å². The monoisotopic (exact) mass is 404 g/mol. The molecule has 1 aromatic carbocycles. The lowest BCUT2D eigenvalue weighted by molar-refractivity contribution is -0.140. The zero-order chi connectivity index (χ0) is 18.7. The molecule has 2 fully saturated rings. The van der Waals surface area contributed by atoms with Crippen molar-refractivity contribution in [1.82, 2.24) is 0 Å². The van der Waals surface area contributed by atoms with Crippen molar-refractivity contribution >= 4 is 5.97 Å². The highest BCUT2D eigenvalue weighted by molar-refractivity contribution is 5.75. The molecule has 2 aliphatic carbocycles. The zero-order valence-electron chi connectivity index (χ0n) is 15.3. The van der Waals surface area contributed by atoms with E-state index in [0.717, 1.165) is 37.5 Å². The Kier molecular flexibility index (Phi) is 9.52. The summed E-state index contributed by atoms with van der Waals surface area (Å²) in [5.41, 5.74) is 0. The molecule has 3 rings (SSSR count). The molecule has 0 N–H and O–H groups in total. The number of halogens is 3. The van der Waals surface area contributed by atoms with E-state index >= 15 is 0 Å². The lowest BCUT2D eigenvalue weighted by atomic mass is 9.73. The van der Waals surface area contributed by atoms with E-state index in [9.17, 15) is 18.0 Å². The summed E-state index contributed by atoms with van der Waals surface area (Å²) >= 11 is 0. The molecule has 0 radical (unpaired) electrons. The van der Waals surface area contributed by atoms with Gasteiger partial charge in [-0.25, -0.2) is 13.2 Å². The second-order valence-electron chi connectivity index (χ2n) is 8.20. The Morgan fingerprint density at radius 2 is 1.39 bits per heavy atom. The summed E-state index contributed by atoms with van der Waals surface area (Å²) in [6.45, 7) is 2.33. The van der Waals surface area contributed by atoms with Gasteiger partial charge in [-0.3, -0.25) is 4.79 Å². The predicted molar refractivity (Wildman–Crippen MR) is 111 cm³/mol. The Labute approximate surface area is 170 Å². The predicted octanol–water partition coefficient (Wildman–Crippen LogP) is 7.80. The molecule has 0 atom stereocenters. The molecule has 0 aromatic heterocycles. The van der Waals surface area contributed by atoms with Crippen LogP contribution in [-0.4, -0.2) is 5.97 Å². The van der Waals surface area contributed by atoms with Gasteiger partial charge in [0.2, 0.25) is 0 Å². The quantitative estimate of drug-likeness (QED) is 0.291. The molecular formula is C23H39F3O2. The van der Waals surface area contributed by atoms with Crippen LogP contribution in [0.15, 0.2) is 12.1 Å². The van der Waals surface area contributed by atoms with Gasteiger partial charge in [0, 0.05) is 15.0 Å². The fourth-order valence-corrected chi connectivity index (χ4v) is 4.46. The molecule has 0 unspecified atom stereocenters. The number of ether oxygens (including phenoxy) is 1. The fourth-order valence-electron chi connectivity index (χ4n) is 4.46. The van der Waals surface area contributed by atoms with Crippen molar-refractivity contribution in [3.63, 3.8) is 0 Å². The van der Waals surface area contributed by atoms with Crippen molar-refractivity contribution in [2.24, 2.45) is 23.7 Å². The van der Waals surface area contributed by atoms with Crippen LogP contribution in [0.25, 0.3) is 0 Å². The third-order valence-corrected chi connectivity index (χ3v) is 6.16. The molecular weight excluding hydrogens is 365 g/mol. The average molecular weight is 405 g/mol. The van der Waals surface area contributed by atoms with E-state index in [4.69, 9.17) is 4.74 Å². The first kappa shape index (κ1) is 24.5. The van der Waals surface area contributed by atoms with Gasteiger partial charge >= 0.3 is 5.97 Å². The molecule has 2 saturated carbocycles. The first-order valence-corrected chi connectivity index (χ1v) is 9.78. The number of hydrogen-bond donors (Lipinski definition) is 0. The van der Waals surface area contributed by atoms with Gasteiger partial charge in [0.25, 0.3) is 0 Å². The molecule has 1 aromatic rings. The number of carbonyl (C=O) groups excluding carboxylic acids is 1. The van der Waals surface area contributed by atoms with Crippen LogP contribution < -0.4 is 4.74 Å². The maximum absolute atomic E-state index is 13.2. The van der Waals surface area contributed by atoms with Crippen LogP contribution in [0, 0.1) is 41.1 Å². The van der Waals surface area contributed by atoms with Crippen LogP contribution in [0.5, 0.6) is 5.75 Å². The van der Waals surface area contributed by atoms with Crippen molar-refractivity contribution < 1.29 is 25.6 Å². The summed E-state index contributed by atoms with van der Waals surface area (Å²) in [6.07, 6.45) is 10.1. The number of esters is 1. The molecule has 2 nitrogen and oxygen atoms in total. The Morgan fingerprint density at radius 3 is 1.89 bits per heavy atom. The normalized spacial score (nSPS) is 27.3. The Bertz CT molecular complexity index is 618. The minimum atomic E-state index is -1.55. The molecule has 28 heavy (non-hydrogen) atoms. The summed E-state index contributed by atoms with van der Waals surface area (Å²) in [5, 5.41) is 0. The number of carbonyl (C=O) groups is 1. The minimum Gasteiger partial charge on any atom is -0.426 e. The summed E-state index contributed by atoms with van der Waals surface area (Å²) in [7, 11) is 0. The first-order chi connectivity index (χ1) is 12.4. The van der Waals surface area contributed by atoms with E-state index in [-0.39, 0.29) is 29.4 Å². The lowest BCUT2D eigenvalue weighted by Crippen LogP contribution is -2.27. The highest BCUT2D eigenvalue weighted by atomic mass is 19.2. The van der Waals surface area contributed by atoms with E-state index in [1.54, 1.807) is 0 Å². The van der Waals surface area contributed by atoms with Crippen LogP contribution in [-0.2, 0) is 4.79 Å². The molecule has 0 spiro atoms. The summed E-state index contributed by atoms with van der Waals surface area (Å²) < 4.78 is 44.5. The van der Waals surface area contributed by atoms with Gasteiger partial charge < -0.3 is 4.74 Å². The largest absolute Gasteiger partial charge is 0.426 e. The molecule has 0 heterocycles. The van der Waals surface area contributed by atoms with E-state index in [0.29, 0.717) is 18.1 Å². The Hall–Kier alpha value is -1.52. The van der Waals surface area contributed by atoms with Gasteiger partial charge in [0.15, 0.2) is 17.5 Å². The maximum atomic E-state index is 13.2. The molecule has 2 aliphatic rings. The van der Waals surface area contributed by atoms with E-state index in [2.05, 4.69) is 6.92 Å². The van der Waals surface area contributed by atoms with Gasteiger partial charge in [-0.2, -0.15) is 0 Å².